The molecule has 2 rings (SSSR count). The molecule has 20 heavy (non-hydrogen) atoms. The minimum atomic E-state index is -0.730. The van der Waals surface area contributed by atoms with E-state index in [-0.39, 0.29) is 6.61 Å². The molecule has 0 aromatic heterocycles. The van der Waals surface area contributed by atoms with Crippen LogP contribution in [0.15, 0.2) is 29.2 Å². The average Bonchev–Trinajstić information content (AvgIpc) is 2.73. The molecular formula is C13H21N3O4. The Hall–Kier alpha value is -1.41. The van der Waals surface area contributed by atoms with Crippen molar-refractivity contribution in [3.8, 4) is 0 Å². The quantitative estimate of drug-likeness (QED) is 0.535. The molecule has 0 amide bonds. The van der Waals surface area contributed by atoms with E-state index in [9.17, 15) is 10.2 Å². The summed E-state index contributed by atoms with van der Waals surface area (Å²) in [4.78, 5) is 5.93. The highest BCUT2D eigenvalue weighted by molar-refractivity contribution is 5.57. The molecule has 0 radical (unpaired) electrons. The molecule has 4 N–H and O–H groups in total. The van der Waals surface area contributed by atoms with E-state index in [1.165, 1.54) is 6.34 Å². The Morgan fingerprint density at radius 1 is 1.60 bits per heavy atom. The Morgan fingerprint density at radius 3 is 2.95 bits per heavy atom. The van der Waals surface area contributed by atoms with Crippen molar-refractivity contribution in [2.75, 3.05) is 13.2 Å². The lowest BCUT2D eigenvalue weighted by atomic mass is 10.1. The maximum Gasteiger partial charge on any atom is 0.138 e. The van der Waals surface area contributed by atoms with Crippen LogP contribution in [0.3, 0.4) is 0 Å². The highest BCUT2D eigenvalue weighted by Gasteiger charge is 2.37. The fourth-order valence-electron chi connectivity index (χ4n) is 2.34. The van der Waals surface area contributed by atoms with E-state index in [2.05, 4.69) is 16.9 Å². The second kappa shape index (κ2) is 6.36. The van der Waals surface area contributed by atoms with Crippen molar-refractivity contribution in [1.29, 1.82) is 0 Å². The van der Waals surface area contributed by atoms with Crippen LogP contribution < -0.4 is 5.32 Å². The largest absolute Gasteiger partial charge is 0.394 e. The summed E-state index contributed by atoms with van der Waals surface area (Å²) < 4.78 is 5.60. The third-order valence-electron chi connectivity index (χ3n) is 3.58. The van der Waals surface area contributed by atoms with Crippen LogP contribution in [0.25, 0.3) is 0 Å². The van der Waals surface area contributed by atoms with E-state index in [4.69, 9.17) is 9.84 Å². The van der Waals surface area contributed by atoms with Gasteiger partial charge in [-0.05, 0) is 12.5 Å². The number of hydrogen-bond donors (Lipinski definition) is 4. The molecule has 2 heterocycles. The van der Waals surface area contributed by atoms with Gasteiger partial charge in [-0.2, -0.15) is 0 Å². The van der Waals surface area contributed by atoms with Gasteiger partial charge in [0, 0.05) is 19.2 Å². The van der Waals surface area contributed by atoms with Crippen LogP contribution in [-0.4, -0.2) is 64.2 Å². The molecule has 0 aromatic rings. The van der Waals surface area contributed by atoms with Gasteiger partial charge in [-0.25, -0.2) is 4.99 Å². The van der Waals surface area contributed by atoms with Crippen LogP contribution in [0, 0.1) is 0 Å². The van der Waals surface area contributed by atoms with Gasteiger partial charge in [0.15, 0.2) is 0 Å². The van der Waals surface area contributed by atoms with E-state index in [0.29, 0.717) is 24.4 Å². The summed E-state index contributed by atoms with van der Waals surface area (Å²) >= 11 is 0. The lowest BCUT2D eigenvalue weighted by Crippen LogP contribution is -2.32. The van der Waals surface area contributed by atoms with Crippen LogP contribution in [0.5, 0.6) is 0 Å². The number of ether oxygens (including phenoxy) is 1. The van der Waals surface area contributed by atoms with Crippen molar-refractivity contribution in [3.63, 3.8) is 0 Å². The van der Waals surface area contributed by atoms with Gasteiger partial charge in [0.05, 0.1) is 25.2 Å². The van der Waals surface area contributed by atoms with Crippen molar-refractivity contribution in [1.82, 2.24) is 10.2 Å². The van der Waals surface area contributed by atoms with Crippen molar-refractivity contribution in [2.45, 2.75) is 37.9 Å². The van der Waals surface area contributed by atoms with Gasteiger partial charge < -0.3 is 30.3 Å². The summed E-state index contributed by atoms with van der Waals surface area (Å²) in [7, 11) is 0. The van der Waals surface area contributed by atoms with Gasteiger partial charge in [-0.3, -0.25) is 0 Å². The molecule has 0 spiro atoms. The predicted molar refractivity (Wildman–Crippen MR) is 73.6 cm³/mol. The summed E-state index contributed by atoms with van der Waals surface area (Å²) in [6, 6.07) is 0. The van der Waals surface area contributed by atoms with Gasteiger partial charge in [0.2, 0.25) is 0 Å². The van der Waals surface area contributed by atoms with Crippen LogP contribution >= 0.6 is 0 Å². The number of nitrogens with one attached hydrogen (secondary N) is 1. The Morgan fingerprint density at radius 2 is 2.35 bits per heavy atom. The van der Waals surface area contributed by atoms with Gasteiger partial charge in [-0.1, -0.05) is 6.58 Å². The van der Waals surface area contributed by atoms with Crippen molar-refractivity contribution in [3.05, 3.63) is 24.2 Å². The first-order valence-electron chi connectivity index (χ1n) is 6.58. The minimum Gasteiger partial charge on any atom is -0.394 e. The molecule has 112 valence electrons. The van der Waals surface area contributed by atoms with Crippen LogP contribution in [0.4, 0.5) is 0 Å². The highest BCUT2D eigenvalue weighted by atomic mass is 16.5. The molecule has 0 aliphatic carbocycles. The Bertz CT molecular complexity index is 424. The lowest BCUT2D eigenvalue weighted by molar-refractivity contribution is -0.0565. The fourth-order valence-corrected chi connectivity index (χ4v) is 2.34. The zero-order chi connectivity index (χ0) is 14.7. The van der Waals surface area contributed by atoms with E-state index < -0.39 is 24.5 Å². The molecule has 7 nitrogen and oxygen atoms in total. The van der Waals surface area contributed by atoms with Crippen LogP contribution in [0.2, 0.25) is 0 Å². The number of aliphatic hydroxyl groups is 3. The standard InChI is InChI=1S/C13H21N3O4/c1-3-16(12-4-9(18)11(6-17)20-12)13-8(2)10(19)5-14-7-15-13/h3,7,9-12,17-19H,1,4-6H2,2H3,(H,14,15)/t9?,10-,11-,12-/m1/s1. The summed E-state index contributed by atoms with van der Waals surface area (Å²) in [5, 5.41) is 31.8. The first-order valence-corrected chi connectivity index (χ1v) is 6.58. The summed E-state index contributed by atoms with van der Waals surface area (Å²) in [6.07, 6.45) is 0.938. The topological polar surface area (TPSA) is 97.6 Å². The maximum atomic E-state index is 9.97. The SMILES string of the molecule is C=CN(C1=C(C)[C@H](O)CNC=N1)[C@H]1CC(O)[C@@H](CO)O1. The molecule has 1 saturated heterocycles. The zero-order valence-corrected chi connectivity index (χ0v) is 11.4. The number of aliphatic imine (C=N–C) groups is 1. The molecule has 0 aromatic carbocycles. The van der Waals surface area contributed by atoms with E-state index in [1.807, 2.05) is 0 Å². The zero-order valence-electron chi connectivity index (χ0n) is 11.4. The molecule has 2 aliphatic heterocycles. The average molecular weight is 283 g/mol. The smallest absolute Gasteiger partial charge is 0.138 e. The van der Waals surface area contributed by atoms with Crippen molar-refractivity contribution in [2.24, 2.45) is 4.99 Å². The van der Waals surface area contributed by atoms with Crippen LogP contribution in [-0.2, 0) is 4.74 Å². The normalized spacial score (nSPS) is 33.8. The number of hydrogen-bond acceptors (Lipinski definition) is 7. The van der Waals surface area contributed by atoms with Gasteiger partial charge >= 0.3 is 0 Å². The van der Waals surface area contributed by atoms with E-state index in [1.54, 1.807) is 18.0 Å². The second-order valence-corrected chi connectivity index (χ2v) is 4.89. The number of nitrogens with zero attached hydrogens (tertiary/aromatic N) is 2. The molecular weight excluding hydrogens is 262 g/mol. The molecule has 4 atom stereocenters. The molecule has 7 heteroatoms. The highest BCUT2D eigenvalue weighted by Crippen LogP contribution is 2.28. The fraction of sp³-hybridized carbons (Fsp3) is 0.615. The van der Waals surface area contributed by atoms with Crippen molar-refractivity contribution >= 4 is 6.34 Å². The van der Waals surface area contributed by atoms with Gasteiger partial charge in [-0.15, -0.1) is 0 Å². The van der Waals surface area contributed by atoms with E-state index in [0.717, 1.165) is 0 Å². The second-order valence-electron chi connectivity index (χ2n) is 4.89. The number of aliphatic hydroxyl groups excluding tert-OH is 3. The molecule has 1 unspecified atom stereocenters. The molecule has 0 saturated carbocycles. The van der Waals surface area contributed by atoms with E-state index >= 15 is 0 Å². The summed E-state index contributed by atoms with van der Waals surface area (Å²) in [5.74, 6) is 0.535. The lowest BCUT2D eigenvalue weighted by Gasteiger charge is -2.28. The monoisotopic (exact) mass is 283 g/mol. The molecule has 1 fully saturated rings. The Labute approximate surface area is 117 Å². The summed E-state index contributed by atoms with van der Waals surface area (Å²) in [5.41, 5.74) is 0.691. The molecule has 0 bridgehead atoms. The number of rotatable bonds is 4. The maximum absolute atomic E-state index is 9.97. The van der Waals surface area contributed by atoms with Crippen LogP contribution in [0.1, 0.15) is 13.3 Å². The van der Waals surface area contributed by atoms with Gasteiger partial charge in [0.1, 0.15) is 18.2 Å². The minimum absolute atomic E-state index is 0.242. The first-order chi connectivity index (χ1) is 9.58. The van der Waals surface area contributed by atoms with Crippen molar-refractivity contribution < 1.29 is 20.1 Å². The third kappa shape index (κ3) is 2.85. The van der Waals surface area contributed by atoms with Gasteiger partial charge in [0.25, 0.3) is 0 Å². The Balaban J connectivity index is 2.23. The first kappa shape index (κ1) is 15.0. The Kier molecular flexibility index (Phi) is 4.77. The number of β-amino-alcohol motifs (C(OH)–C–C–N with tert-alkyl or cyclic N) is 1. The third-order valence-corrected chi connectivity index (χ3v) is 3.58. The molecule has 2 aliphatic rings. The summed E-state index contributed by atoms with van der Waals surface area (Å²) in [6.45, 7) is 5.67. The predicted octanol–water partition coefficient (Wildman–Crippen LogP) is -0.876.